The van der Waals surface area contributed by atoms with E-state index in [0.29, 0.717) is 6.42 Å². The molecule has 0 aromatic rings. The Labute approximate surface area is 192 Å². The maximum atomic E-state index is 11.8. The van der Waals surface area contributed by atoms with E-state index in [1.165, 1.54) is 57.8 Å². The van der Waals surface area contributed by atoms with Crippen LogP contribution in [0.5, 0.6) is 0 Å². The van der Waals surface area contributed by atoms with Crippen molar-refractivity contribution in [3.05, 3.63) is 22.6 Å². The number of carbonyl (C=O) groups is 2. The van der Waals surface area contributed by atoms with Gasteiger partial charge in [-0.15, -0.1) is 0 Å². The second kappa shape index (κ2) is 15.6. The van der Waals surface area contributed by atoms with E-state index in [-0.39, 0.29) is 41.6 Å². The molecule has 0 spiro atoms. The van der Waals surface area contributed by atoms with Gasteiger partial charge >= 0.3 is 29.6 Å². The van der Waals surface area contributed by atoms with Gasteiger partial charge in [-0.3, -0.25) is 9.59 Å². The Morgan fingerprint density at radius 3 is 1.54 bits per heavy atom. The third-order valence-corrected chi connectivity index (χ3v) is 5.91. The van der Waals surface area contributed by atoms with Crippen LogP contribution in [0.15, 0.2) is 22.6 Å². The minimum Gasteiger partial charge on any atom is -0.744 e. The minimum absolute atomic E-state index is 0. The Morgan fingerprint density at radius 2 is 1.11 bits per heavy atom. The Balaban J connectivity index is 0.00000729. The predicted octanol–water partition coefficient (Wildman–Crippen LogP) is 1.98. The third kappa shape index (κ3) is 11.1. The van der Waals surface area contributed by atoms with Crippen molar-refractivity contribution in [1.82, 2.24) is 0 Å². The van der Waals surface area contributed by atoms with Gasteiger partial charge in [0.1, 0.15) is 15.0 Å². The van der Waals surface area contributed by atoms with Gasteiger partial charge in [0.15, 0.2) is 11.6 Å². The number of hydrogen-bond donors (Lipinski definition) is 0. The Bertz CT molecular complexity index is 650. The van der Waals surface area contributed by atoms with Crippen LogP contribution in [0.3, 0.4) is 0 Å². The molecule has 154 valence electrons. The molecule has 1 aliphatic carbocycles. The van der Waals surface area contributed by atoms with Gasteiger partial charge in [-0.1, -0.05) is 84.0 Å². The summed E-state index contributed by atoms with van der Waals surface area (Å²) in [6.07, 6.45) is 17.4. The van der Waals surface area contributed by atoms with Gasteiger partial charge in [-0.05, 0) is 25.0 Å². The molecule has 0 bridgehead atoms. The van der Waals surface area contributed by atoms with Crippen LogP contribution in [0, 0.1) is 0 Å². The van der Waals surface area contributed by atoms with Crippen LogP contribution in [-0.4, -0.2) is 24.5 Å². The summed E-state index contributed by atoms with van der Waals surface area (Å²) < 4.78 is 33.8. The average molecular weight is 421 g/mol. The van der Waals surface area contributed by atoms with Crippen molar-refractivity contribution < 1.29 is 52.1 Å². The van der Waals surface area contributed by atoms with Crippen LogP contribution >= 0.6 is 0 Å². The predicted molar refractivity (Wildman–Crippen MR) is 106 cm³/mol. The molecule has 7 heteroatoms. The molecule has 28 heavy (non-hydrogen) atoms. The molecular weight excluding hydrogens is 387 g/mol. The fourth-order valence-corrected chi connectivity index (χ4v) is 4.24. The molecule has 5 nitrogen and oxygen atoms in total. The summed E-state index contributed by atoms with van der Waals surface area (Å²) in [4.78, 5) is 22.6. The van der Waals surface area contributed by atoms with Crippen LogP contribution in [0.1, 0.15) is 96.8 Å². The molecule has 0 atom stereocenters. The molecular formula is C21H33NaO5S. The van der Waals surface area contributed by atoms with Gasteiger partial charge in [0, 0.05) is 5.57 Å². The van der Waals surface area contributed by atoms with E-state index in [4.69, 9.17) is 0 Å². The SMILES string of the molecule is CCCCCCCCCCCCCCCC1=C(S(=O)(=O)[O-])C(=O)C=CC1=O.[Na+]. The first kappa shape index (κ1) is 27.7. The van der Waals surface area contributed by atoms with Crippen molar-refractivity contribution in [3.63, 3.8) is 0 Å². The molecule has 1 rings (SSSR count). The van der Waals surface area contributed by atoms with Gasteiger partial charge in [0.05, 0.1) is 0 Å². The number of ketones is 2. The molecule has 0 radical (unpaired) electrons. The van der Waals surface area contributed by atoms with E-state index in [9.17, 15) is 22.6 Å². The minimum atomic E-state index is -4.92. The first-order chi connectivity index (χ1) is 12.9. The molecule has 0 N–H and O–H groups in total. The zero-order valence-corrected chi connectivity index (χ0v) is 20.3. The molecule has 0 aliphatic heterocycles. The third-order valence-electron chi connectivity index (χ3n) is 4.96. The van der Waals surface area contributed by atoms with E-state index in [0.717, 1.165) is 31.4 Å². The maximum absolute atomic E-state index is 11.8. The molecule has 0 amide bonds. The standard InChI is InChI=1S/C21H34O5S.Na/c1-2-3-4-5-6-7-8-9-10-11-12-13-14-15-18-19(22)16-17-20(23)21(18)27(24,25)26;/h16-17H,2-15H2,1H3,(H,24,25,26);/q;+1/p-1. The first-order valence-electron chi connectivity index (χ1n) is 10.3. The normalized spacial score (nSPS) is 14.5. The summed E-state index contributed by atoms with van der Waals surface area (Å²) >= 11 is 0. The van der Waals surface area contributed by atoms with Crippen molar-refractivity contribution in [2.45, 2.75) is 96.8 Å². The Morgan fingerprint density at radius 1 is 0.714 bits per heavy atom. The number of allylic oxidation sites excluding steroid dienone is 4. The number of rotatable bonds is 15. The summed E-state index contributed by atoms with van der Waals surface area (Å²) in [6.45, 7) is 2.23. The smallest absolute Gasteiger partial charge is 0.744 e. The fourth-order valence-electron chi connectivity index (χ4n) is 3.42. The van der Waals surface area contributed by atoms with Crippen molar-refractivity contribution in [2.24, 2.45) is 0 Å². The summed E-state index contributed by atoms with van der Waals surface area (Å²) in [7, 11) is -4.92. The van der Waals surface area contributed by atoms with E-state index in [2.05, 4.69) is 6.92 Å². The Kier molecular flexibility index (Phi) is 15.4. The monoisotopic (exact) mass is 420 g/mol. The zero-order valence-electron chi connectivity index (χ0n) is 17.5. The molecule has 0 saturated carbocycles. The van der Waals surface area contributed by atoms with Gasteiger partial charge in [0.25, 0.3) is 0 Å². The summed E-state index contributed by atoms with van der Waals surface area (Å²) in [5.41, 5.74) is -0.138. The molecule has 0 unspecified atom stereocenters. The van der Waals surface area contributed by atoms with Gasteiger partial charge < -0.3 is 4.55 Å². The largest absolute Gasteiger partial charge is 1.00 e. The second-order valence-electron chi connectivity index (χ2n) is 7.32. The maximum Gasteiger partial charge on any atom is 1.00 e. The van der Waals surface area contributed by atoms with Crippen molar-refractivity contribution in [1.29, 1.82) is 0 Å². The molecule has 0 saturated heterocycles. The summed E-state index contributed by atoms with van der Waals surface area (Å²) in [5.74, 6) is -1.42. The fraction of sp³-hybridized carbons (Fsp3) is 0.714. The van der Waals surface area contributed by atoms with Crippen LogP contribution in [0.4, 0.5) is 0 Å². The molecule has 0 heterocycles. The molecule has 0 aromatic carbocycles. The Hall–Kier alpha value is -0.270. The van der Waals surface area contributed by atoms with E-state index in [1.54, 1.807) is 0 Å². The van der Waals surface area contributed by atoms with Crippen molar-refractivity contribution >= 4 is 21.7 Å². The number of hydrogen-bond acceptors (Lipinski definition) is 5. The van der Waals surface area contributed by atoms with Gasteiger partial charge in [-0.2, -0.15) is 0 Å². The van der Waals surface area contributed by atoms with Crippen molar-refractivity contribution in [3.8, 4) is 0 Å². The first-order valence-corrected chi connectivity index (χ1v) is 11.7. The molecule has 0 aromatic heterocycles. The topological polar surface area (TPSA) is 91.3 Å². The second-order valence-corrected chi connectivity index (χ2v) is 8.63. The van der Waals surface area contributed by atoms with Crippen LogP contribution in [-0.2, 0) is 19.7 Å². The van der Waals surface area contributed by atoms with E-state index >= 15 is 0 Å². The van der Waals surface area contributed by atoms with Crippen molar-refractivity contribution in [2.75, 3.05) is 0 Å². The average Bonchev–Trinajstić information content (AvgIpc) is 2.60. The van der Waals surface area contributed by atoms with Crippen LogP contribution in [0.25, 0.3) is 0 Å². The van der Waals surface area contributed by atoms with Crippen LogP contribution < -0.4 is 29.6 Å². The summed E-state index contributed by atoms with van der Waals surface area (Å²) in [5, 5.41) is 0. The summed E-state index contributed by atoms with van der Waals surface area (Å²) in [6, 6.07) is 0. The number of carbonyl (C=O) groups excluding carboxylic acids is 2. The quantitative estimate of drug-likeness (QED) is 0.175. The zero-order chi connectivity index (χ0) is 20.1. The molecule has 1 aliphatic rings. The van der Waals surface area contributed by atoms with Crippen LogP contribution in [0.2, 0.25) is 0 Å². The van der Waals surface area contributed by atoms with Gasteiger partial charge in [-0.25, -0.2) is 8.42 Å². The van der Waals surface area contributed by atoms with Gasteiger partial charge in [0.2, 0.25) is 0 Å². The van der Waals surface area contributed by atoms with E-state index in [1.807, 2.05) is 0 Å². The number of unbranched alkanes of at least 4 members (excludes halogenated alkanes) is 12. The molecule has 0 fully saturated rings. The van der Waals surface area contributed by atoms with E-state index < -0.39 is 26.6 Å².